The second-order valence-electron chi connectivity index (χ2n) is 6.52. The van der Waals surface area contributed by atoms with Crippen LogP contribution in [0.25, 0.3) is 0 Å². The molecular formula is C19H23N3O3S. The number of amides is 1. The highest BCUT2D eigenvalue weighted by atomic mass is 32.2. The maximum absolute atomic E-state index is 12.1. The Morgan fingerprint density at radius 3 is 2.62 bits per heavy atom. The van der Waals surface area contributed by atoms with Crippen LogP contribution in [0.15, 0.2) is 48.7 Å². The minimum absolute atomic E-state index is 0.106. The topological polar surface area (TPSA) is 88.2 Å². The number of aromatic nitrogens is 1. The first-order valence-electron chi connectivity index (χ1n) is 8.77. The normalized spacial score (nSPS) is 18.4. The molecule has 1 saturated heterocycles. The number of nitrogens with zero attached hydrogens (tertiary/aromatic N) is 1. The molecule has 1 aromatic carbocycles. The number of anilines is 1. The number of pyridine rings is 1. The Bertz CT molecular complexity index is 836. The number of aryl methyl sites for hydroxylation is 1. The molecule has 1 fully saturated rings. The first-order valence-corrected chi connectivity index (χ1v) is 10.6. The van der Waals surface area contributed by atoms with Crippen LogP contribution in [-0.4, -0.2) is 43.4 Å². The molecule has 0 spiro atoms. The van der Waals surface area contributed by atoms with E-state index in [1.165, 1.54) is 11.8 Å². The Morgan fingerprint density at radius 2 is 1.96 bits per heavy atom. The molecule has 1 atom stereocenters. The molecule has 3 rings (SSSR count). The number of sulfone groups is 1. The lowest BCUT2D eigenvalue weighted by Crippen LogP contribution is -2.25. The number of benzene rings is 1. The van der Waals surface area contributed by atoms with Gasteiger partial charge < -0.3 is 10.6 Å². The molecule has 1 aliphatic rings. The number of rotatable bonds is 7. The van der Waals surface area contributed by atoms with Gasteiger partial charge in [-0.2, -0.15) is 0 Å². The van der Waals surface area contributed by atoms with Crippen molar-refractivity contribution >= 4 is 21.6 Å². The molecule has 0 saturated carbocycles. The molecule has 7 heteroatoms. The minimum atomic E-state index is -2.92. The third kappa shape index (κ3) is 5.29. The summed E-state index contributed by atoms with van der Waals surface area (Å²) >= 11 is 0. The summed E-state index contributed by atoms with van der Waals surface area (Å²) in [5, 5.41) is 6.00. The number of carbonyl (C=O) groups excluding carboxylic acids is 1. The SMILES string of the molecule is O=C(NCCCc1ccccc1)c1ccc(NC2CCS(=O)(=O)C2)nc1. The highest BCUT2D eigenvalue weighted by molar-refractivity contribution is 7.91. The van der Waals surface area contributed by atoms with Crippen LogP contribution in [0.4, 0.5) is 5.82 Å². The van der Waals surface area contributed by atoms with Crippen LogP contribution in [0.3, 0.4) is 0 Å². The third-order valence-corrected chi connectivity index (χ3v) is 6.15. The Labute approximate surface area is 154 Å². The average Bonchev–Trinajstić information content (AvgIpc) is 2.98. The molecule has 1 amide bonds. The lowest BCUT2D eigenvalue weighted by atomic mass is 10.1. The zero-order chi connectivity index (χ0) is 18.4. The van der Waals surface area contributed by atoms with E-state index >= 15 is 0 Å². The van der Waals surface area contributed by atoms with Crippen molar-refractivity contribution in [2.45, 2.75) is 25.3 Å². The van der Waals surface area contributed by atoms with E-state index < -0.39 is 9.84 Å². The van der Waals surface area contributed by atoms with Crippen LogP contribution in [0.1, 0.15) is 28.8 Å². The average molecular weight is 373 g/mol. The fourth-order valence-electron chi connectivity index (χ4n) is 2.97. The Balaban J connectivity index is 1.43. The maximum Gasteiger partial charge on any atom is 0.252 e. The maximum atomic E-state index is 12.1. The van der Waals surface area contributed by atoms with Crippen molar-refractivity contribution < 1.29 is 13.2 Å². The van der Waals surface area contributed by atoms with Crippen molar-refractivity contribution in [3.63, 3.8) is 0 Å². The van der Waals surface area contributed by atoms with Gasteiger partial charge in [0.05, 0.1) is 17.1 Å². The van der Waals surface area contributed by atoms with Gasteiger partial charge in [-0.05, 0) is 37.0 Å². The third-order valence-electron chi connectivity index (χ3n) is 4.38. The van der Waals surface area contributed by atoms with E-state index in [1.807, 2.05) is 18.2 Å². The van der Waals surface area contributed by atoms with E-state index in [9.17, 15) is 13.2 Å². The standard InChI is InChI=1S/C19H23N3O3S/c23-19(20-11-4-7-15-5-2-1-3-6-15)16-8-9-18(21-13-16)22-17-10-12-26(24,25)14-17/h1-3,5-6,8-9,13,17H,4,7,10-12,14H2,(H,20,23)(H,21,22). The van der Waals surface area contributed by atoms with Gasteiger partial charge in [0.1, 0.15) is 5.82 Å². The summed E-state index contributed by atoms with van der Waals surface area (Å²) in [5.41, 5.74) is 1.75. The van der Waals surface area contributed by atoms with Gasteiger partial charge in [-0.1, -0.05) is 30.3 Å². The van der Waals surface area contributed by atoms with Crippen molar-refractivity contribution in [1.82, 2.24) is 10.3 Å². The van der Waals surface area contributed by atoms with E-state index in [1.54, 1.807) is 12.1 Å². The van der Waals surface area contributed by atoms with E-state index in [-0.39, 0.29) is 23.5 Å². The summed E-state index contributed by atoms with van der Waals surface area (Å²) in [6, 6.07) is 13.5. The van der Waals surface area contributed by atoms with Gasteiger partial charge in [0.2, 0.25) is 0 Å². The molecule has 6 nitrogen and oxygen atoms in total. The van der Waals surface area contributed by atoms with E-state index in [0.717, 1.165) is 12.8 Å². The molecule has 0 bridgehead atoms. The van der Waals surface area contributed by atoms with E-state index in [0.29, 0.717) is 24.3 Å². The van der Waals surface area contributed by atoms with Crippen LogP contribution >= 0.6 is 0 Å². The summed E-state index contributed by atoms with van der Waals surface area (Å²) in [7, 11) is -2.92. The smallest absolute Gasteiger partial charge is 0.252 e. The van der Waals surface area contributed by atoms with Gasteiger partial charge >= 0.3 is 0 Å². The minimum Gasteiger partial charge on any atom is -0.366 e. The monoisotopic (exact) mass is 373 g/mol. The lowest BCUT2D eigenvalue weighted by Gasteiger charge is -2.11. The van der Waals surface area contributed by atoms with Crippen molar-refractivity contribution in [1.29, 1.82) is 0 Å². The van der Waals surface area contributed by atoms with E-state index in [4.69, 9.17) is 0 Å². The van der Waals surface area contributed by atoms with Gasteiger partial charge in [-0.3, -0.25) is 4.79 Å². The molecular weight excluding hydrogens is 350 g/mol. The van der Waals surface area contributed by atoms with Crippen molar-refractivity contribution in [3.05, 3.63) is 59.8 Å². The Morgan fingerprint density at radius 1 is 1.15 bits per heavy atom. The number of hydrogen-bond acceptors (Lipinski definition) is 5. The molecule has 1 aromatic heterocycles. The van der Waals surface area contributed by atoms with Crippen molar-refractivity contribution in [2.24, 2.45) is 0 Å². The van der Waals surface area contributed by atoms with Crippen LogP contribution in [0.2, 0.25) is 0 Å². The molecule has 2 N–H and O–H groups in total. The molecule has 1 aliphatic heterocycles. The van der Waals surface area contributed by atoms with Crippen LogP contribution in [-0.2, 0) is 16.3 Å². The van der Waals surface area contributed by atoms with Crippen LogP contribution in [0, 0.1) is 0 Å². The van der Waals surface area contributed by atoms with Crippen molar-refractivity contribution in [2.75, 3.05) is 23.4 Å². The highest BCUT2D eigenvalue weighted by Crippen LogP contribution is 2.16. The van der Waals surface area contributed by atoms with Crippen molar-refractivity contribution in [3.8, 4) is 0 Å². The highest BCUT2D eigenvalue weighted by Gasteiger charge is 2.27. The van der Waals surface area contributed by atoms with Crippen LogP contribution in [0.5, 0.6) is 0 Å². The molecule has 0 aliphatic carbocycles. The second-order valence-corrected chi connectivity index (χ2v) is 8.75. The summed E-state index contributed by atoms with van der Waals surface area (Å²) in [4.78, 5) is 16.4. The molecule has 2 heterocycles. The quantitative estimate of drug-likeness (QED) is 0.725. The molecule has 138 valence electrons. The summed E-state index contributed by atoms with van der Waals surface area (Å²) in [6.07, 6.45) is 3.90. The van der Waals surface area contributed by atoms with Crippen LogP contribution < -0.4 is 10.6 Å². The molecule has 2 aromatic rings. The first-order chi connectivity index (χ1) is 12.5. The lowest BCUT2D eigenvalue weighted by molar-refractivity contribution is 0.0953. The summed E-state index contributed by atoms with van der Waals surface area (Å²) in [5.74, 6) is 0.792. The number of carbonyl (C=O) groups is 1. The fraction of sp³-hybridized carbons (Fsp3) is 0.368. The van der Waals surface area contributed by atoms with E-state index in [2.05, 4.69) is 27.8 Å². The zero-order valence-electron chi connectivity index (χ0n) is 14.5. The number of nitrogens with one attached hydrogen (secondary N) is 2. The zero-order valence-corrected chi connectivity index (χ0v) is 15.3. The van der Waals surface area contributed by atoms with Gasteiger partial charge in [0.25, 0.3) is 5.91 Å². The summed E-state index contributed by atoms with van der Waals surface area (Å²) in [6.45, 7) is 0.605. The Kier molecular flexibility index (Phi) is 5.88. The fourth-order valence-corrected chi connectivity index (χ4v) is 4.65. The molecule has 26 heavy (non-hydrogen) atoms. The van der Waals surface area contributed by atoms with Gasteiger partial charge in [0, 0.05) is 18.8 Å². The molecule has 1 unspecified atom stereocenters. The first kappa shape index (κ1) is 18.4. The van der Waals surface area contributed by atoms with Gasteiger partial charge in [-0.15, -0.1) is 0 Å². The predicted octanol–water partition coefficient (Wildman–Crippen LogP) is 2.04. The largest absolute Gasteiger partial charge is 0.366 e. The summed E-state index contributed by atoms with van der Waals surface area (Å²) < 4.78 is 23.0. The molecule has 0 radical (unpaired) electrons. The van der Waals surface area contributed by atoms with Gasteiger partial charge in [-0.25, -0.2) is 13.4 Å². The Hall–Kier alpha value is -2.41. The number of hydrogen-bond donors (Lipinski definition) is 2. The van der Waals surface area contributed by atoms with Gasteiger partial charge in [0.15, 0.2) is 9.84 Å². The second kappa shape index (κ2) is 8.31. The predicted molar refractivity (Wildman–Crippen MR) is 102 cm³/mol.